The normalized spacial score (nSPS) is 13.9. The minimum absolute atomic E-state index is 0.0430. The zero-order chi connectivity index (χ0) is 30.3. The third-order valence-electron chi connectivity index (χ3n) is 6.93. The number of H-pyrrole nitrogens is 1. The molecule has 5 rings (SSSR count). The fourth-order valence-corrected chi connectivity index (χ4v) is 4.59. The first kappa shape index (κ1) is 29.0. The van der Waals surface area contributed by atoms with Crippen molar-refractivity contribution in [2.75, 3.05) is 23.4 Å². The van der Waals surface area contributed by atoms with Gasteiger partial charge in [0.25, 0.3) is 5.56 Å². The van der Waals surface area contributed by atoms with Crippen molar-refractivity contribution in [3.63, 3.8) is 0 Å². The molecule has 4 aromatic rings. The number of urea groups is 1. The number of anilines is 2. The van der Waals surface area contributed by atoms with E-state index in [2.05, 4.69) is 20.3 Å². The molecule has 1 unspecified atom stereocenters. The van der Waals surface area contributed by atoms with Crippen molar-refractivity contribution < 1.29 is 28.2 Å². The number of imidazole rings is 1. The number of aromatic amines is 1. The number of hydrogen-bond donors (Lipinski definition) is 4. The molecule has 2 amide bonds. The number of nitrogens with zero attached hydrogens (tertiary/aromatic N) is 5. The summed E-state index contributed by atoms with van der Waals surface area (Å²) in [6, 6.07) is 2.19. The molecule has 0 radical (unpaired) electrons. The van der Waals surface area contributed by atoms with Crippen LogP contribution in [0.4, 0.5) is 29.5 Å². The quantitative estimate of drug-likeness (QED) is 0.219. The molecule has 0 bridgehead atoms. The Hall–Kier alpha value is -4.50. The van der Waals surface area contributed by atoms with Gasteiger partial charge < -0.3 is 20.5 Å². The zero-order valence-corrected chi connectivity index (χ0v) is 22.7. The molecule has 42 heavy (non-hydrogen) atoms. The molecule has 15 heteroatoms. The van der Waals surface area contributed by atoms with Crippen LogP contribution in [0.3, 0.4) is 0 Å². The number of pyridine rings is 1. The van der Waals surface area contributed by atoms with Gasteiger partial charge in [0, 0.05) is 36.0 Å². The van der Waals surface area contributed by atoms with Crippen LogP contribution in [-0.4, -0.2) is 59.6 Å². The van der Waals surface area contributed by atoms with Crippen molar-refractivity contribution in [3.8, 4) is 11.4 Å². The van der Waals surface area contributed by atoms with Crippen LogP contribution in [0.5, 0.6) is 0 Å². The molecule has 222 valence electrons. The highest BCUT2D eigenvalue weighted by Gasteiger charge is 2.30. The maximum atomic E-state index is 14.5. The summed E-state index contributed by atoms with van der Waals surface area (Å²) >= 11 is 0. The first-order valence-electron chi connectivity index (χ1n) is 13.3. The lowest BCUT2D eigenvalue weighted by atomic mass is 10.2. The molecule has 4 N–H and O–H groups in total. The van der Waals surface area contributed by atoms with E-state index in [1.807, 2.05) is 6.92 Å². The highest BCUT2D eigenvalue weighted by Crippen LogP contribution is 2.32. The Morgan fingerprint density at radius 1 is 1.24 bits per heavy atom. The Morgan fingerprint density at radius 2 is 1.98 bits per heavy atom. The lowest BCUT2D eigenvalue weighted by molar-refractivity contribution is 0.101. The van der Waals surface area contributed by atoms with Crippen LogP contribution < -0.4 is 21.5 Å². The topological polar surface area (TPSA) is 158 Å². The summed E-state index contributed by atoms with van der Waals surface area (Å²) in [5.74, 6) is -3.74. The van der Waals surface area contributed by atoms with Crippen molar-refractivity contribution in [1.29, 1.82) is 0 Å². The van der Waals surface area contributed by atoms with Crippen molar-refractivity contribution in [3.05, 3.63) is 68.2 Å². The number of rotatable bonds is 9. The van der Waals surface area contributed by atoms with Crippen LogP contribution in [-0.2, 0) is 6.54 Å². The number of amides is 2. The number of halogens is 3. The van der Waals surface area contributed by atoms with Crippen molar-refractivity contribution >= 4 is 28.7 Å². The molecule has 12 nitrogen and oxygen atoms in total. The summed E-state index contributed by atoms with van der Waals surface area (Å²) in [4.78, 5) is 51.8. The highest BCUT2D eigenvalue weighted by atomic mass is 19.2. The third-order valence-corrected chi connectivity index (χ3v) is 6.93. The van der Waals surface area contributed by atoms with E-state index in [0.29, 0.717) is 24.6 Å². The Bertz CT molecular complexity index is 1780. The number of nitrogens with one attached hydrogen (secondary N) is 2. The Kier molecular flexibility index (Phi) is 7.88. The second kappa shape index (κ2) is 11.4. The van der Waals surface area contributed by atoms with E-state index in [4.69, 9.17) is 0 Å². The monoisotopic (exact) mass is 587 g/mol. The molecule has 3 aromatic heterocycles. The number of fused-ring (bicyclic) bond motifs is 1. The molecule has 1 aliphatic carbocycles. The lowest BCUT2D eigenvalue weighted by Gasteiger charge is -2.24. The average molecular weight is 588 g/mol. The van der Waals surface area contributed by atoms with Crippen LogP contribution in [0.1, 0.15) is 37.8 Å². The summed E-state index contributed by atoms with van der Waals surface area (Å²) in [5.41, 5.74) is -1.37. The standard InChI is InChI=1S/C27H28F3N7O5/c1-3-8-35-24-22(25(40)37(27(35)42)15-5-6-15)33-23(34-24)14-4-7-19(31-10-14)36(11-16(39)12-38)26(41)32-18-9-17(28)20(29)13(2)21(18)30/h4,7,9-10,15-16,38-39H,3,5-6,8,11-12H2,1-2H3,(H,32,41)(H,33,34). The van der Waals surface area contributed by atoms with Crippen molar-refractivity contribution in [1.82, 2.24) is 24.1 Å². The molecule has 1 atom stereocenters. The molecular weight excluding hydrogens is 559 g/mol. The maximum Gasteiger partial charge on any atom is 0.333 e. The number of carbonyl (C=O) groups excluding carboxylic acids is 1. The molecule has 1 fully saturated rings. The van der Waals surface area contributed by atoms with Crippen LogP contribution in [0.2, 0.25) is 0 Å². The Labute approximate surface area is 236 Å². The summed E-state index contributed by atoms with van der Waals surface area (Å²) < 4.78 is 44.8. The van der Waals surface area contributed by atoms with Gasteiger partial charge in [-0.05, 0) is 38.3 Å². The average Bonchev–Trinajstić information content (AvgIpc) is 3.71. The van der Waals surface area contributed by atoms with E-state index in [-0.39, 0.29) is 28.8 Å². The summed E-state index contributed by atoms with van der Waals surface area (Å²) in [5, 5.41) is 21.5. The van der Waals surface area contributed by atoms with Crippen LogP contribution in [0.15, 0.2) is 34.0 Å². The minimum Gasteiger partial charge on any atom is -0.394 e. The number of aryl methyl sites for hydroxylation is 1. The molecule has 0 aliphatic heterocycles. The minimum atomic E-state index is -1.41. The Balaban J connectivity index is 1.49. The molecule has 1 saturated carbocycles. The van der Waals surface area contributed by atoms with Gasteiger partial charge in [-0.1, -0.05) is 6.92 Å². The van der Waals surface area contributed by atoms with Crippen LogP contribution in [0.25, 0.3) is 22.6 Å². The summed E-state index contributed by atoms with van der Waals surface area (Å²) in [6.45, 7) is 2.08. The number of aromatic nitrogens is 5. The van der Waals surface area contributed by atoms with Gasteiger partial charge in [-0.2, -0.15) is 0 Å². The number of aliphatic hydroxyl groups excluding tert-OH is 2. The van der Waals surface area contributed by atoms with Gasteiger partial charge in [0.05, 0.1) is 24.9 Å². The fourth-order valence-electron chi connectivity index (χ4n) is 4.59. The van der Waals surface area contributed by atoms with Crippen LogP contribution in [0, 0.1) is 24.4 Å². The second-order valence-electron chi connectivity index (χ2n) is 10.1. The fraction of sp³-hybridized carbons (Fsp3) is 0.370. The van der Waals surface area contributed by atoms with Crippen molar-refractivity contribution in [2.24, 2.45) is 0 Å². The number of hydrogen-bond acceptors (Lipinski definition) is 7. The lowest BCUT2D eigenvalue weighted by Crippen LogP contribution is -2.42. The predicted octanol–water partition coefficient (Wildman–Crippen LogP) is 2.81. The van der Waals surface area contributed by atoms with Crippen LogP contribution >= 0.6 is 0 Å². The third kappa shape index (κ3) is 5.27. The first-order chi connectivity index (χ1) is 20.0. The van der Waals surface area contributed by atoms with Crippen molar-refractivity contribution in [2.45, 2.75) is 51.8 Å². The smallest absolute Gasteiger partial charge is 0.333 e. The van der Waals surface area contributed by atoms with Gasteiger partial charge in [0.15, 0.2) is 23.1 Å². The second-order valence-corrected chi connectivity index (χ2v) is 10.1. The van der Waals surface area contributed by atoms with E-state index in [1.165, 1.54) is 27.5 Å². The van der Waals surface area contributed by atoms with Gasteiger partial charge in [0.2, 0.25) is 0 Å². The van der Waals surface area contributed by atoms with Gasteiger partial charge in [-0.3, -0.25) is 18.8 Å². The Morgan fingerprint density at radius 3 is 2.60 bits per heavy atom. The molecule has 0 spiro atoms. The van der Waals surface area contributed by atoms with E-state index in [1.54, 1.807) is 0 Å². The van der Waals surface area contributed by atoms with E-state index in [9.17, 15) is 37.8 Å². The SMILES string of the molecule is CCCn1c(=O)n(C2CC2)c(=O)c2[nH]c(-c3ccc(N(CC(O)CO)C(=O)Nc4cc(F)c(F)c(C)c4F)nc3)nc21. The largest absolute Gasteiger partial charge is 0.394 e. The molecule has 1 aliphatic rings. The molecule has 0 saturated heterocycles. The number of aliphatic hydroxyl groups is 2. The van der Waals surface area contributed by atoms with E-state index < -0.39 is 65.2 Å². The van der Waals surface area contributed by atoms with E-state index >= 15 is 0 Å². The molecule has 1 aromatic carbocycles. The molecule has 3 heterocycles. The van der Waals surface area contributed by atoms with E-state index in [0.717, 1.165) is 24.7 Å². The van der Waals surface area contributed by atoms with Gasteiger partial charge >= 0.3 is 11.7 Å². The molecular formula is C27H28F3N7O5. The van der Waals surface area contributed by atoms with Gasteiger partial charge in [0.1, 0.15) is 17.2 Å². The zero-order valence-electron chi connectivity index (χ0n) is 22.7. The summed E-state index contributed by atoms with van der Waals surface area (Å²) in [6.07, 6.45) is 2.05. The number of benzene rings is 1. The maximum absolute atomic E-state index is 14.5. The summed E-state index contributed by atoms with van der Waals surface area (Å²) in [7, 11) is 0. The van der Waals surface area contributed by atoms with Gasteiger partial charge in [-0.15, -0.1) is 0 Å². The number of carbonyl (C=O) groups is 1. The highest BCUT2D eigenvalue weighted by molar-refractivity contribution is 6.01. The first-order valence-corrected chi connectivity index (χ1v) is 13.3. The van der Waals surface area contributed by atoms with Gasteiger partial charge in [-0.25, -0.2) is 32.7 Å². The predicted molar refractivity (Wildman–Crippen MR) is 147 cm³/mol.